The fourth-order valence-corrected chi connectivity index (χ4v) is 3.28. The Kier molecular flexibility index (Phi) is 4.45. The average Bonchev–Trinajstić information content (AvgIpc) is 2.37. The van der Waals surface area contributed by atoms with Gasteiger partial charge in [-0.15, -0.1) is 0 Å². The summed E-state index contributed by atoms with van der Waals surface area (Å²) in [6.45, 7) is 4.32. The van der Waals surface area contributed by atoms with E-state index in [9.17, 15) is 13.2 Å². The minimum Gasteiger partial charge on any atom is -0.497 e. The average molecular weight is 301 g/mol. The van der Waals surface area contributed by atoms with Crippen LogP contribution in [0.5, 0.6) is 5.75 Å². The van der Waals surface area contributed by atoms with E-state index in [1.807, 2.05) is 0 Å². The molecule has 0 radical (unpaired) electrons. The van der Waals surface area contributed by atoms with Crippen LogP contribution in [-0.4, -0.2) is 43.5 Å². The van der Waals surface area contributed by atoms with Crippen LogP contribution in [0.3, 0.4) is 0 Å². The first-order chi connectivity index (χ1) is 9.05. The van der Waals surface area contributed by atoms with Crippen LogP contribution in [0.25, 0.3) is 0 Å². The smallest absolute Gasteiger partial charge is 0.324 e. The Bertz CT molecular complexity index is 622. The Morgan fingerprint density at radius 3 is 2.35 bits per heavy atom. The second kappa shape index (κ2) is 5.41. The van der Waals surface area contributed by atoms with Gasteiger partial charge in [-0.3, -0.25) is 4.79 Å². The van der Waals surface area contributed by atoms with Gasteiger partial charge >= 0.3 is 5.97 Å². The SMILES string of the molecule is COc1ccc(C)c(S(=O)(=O)N(C)C(C)(C)C(=O)O)c1. The fourth-order valence-electron chi connectivity index (χ4n) is 1.57. The summed E-state index contributed by atoms with van der Waals surface area (Å²) in [6, 6.07) is 4.66. The number of aliphatic carboxylic acids is 1. The minimum absolute atomic E-state index is 0.0358. The van der Waals surface area contributed by atoms with Crippen molar-refractivity contribution in [2.45, 2.75) is 31.2 Å². The van der Waals surface area contributed by atoms with Gasteiger partial charge in [0.1, 0.15) is 11.3 Å². The Hall–Kier alpha value is -1.60. The van der Waals surface area contributed by atoms with Gasteiger partial charge in [-0.05, 0) is 32.4 Å². The normalized spacial score (nSPS) is 12.5. The van der Waals surface area contributed by atoms with Gasteiger partial charge in [0.15, 0.2) is 0 Å². The topological polar surface area (TPSA) is 83.9 Å². The molecule has 20 heavy (non-hydrogen) atoms. The van der Waals surface area contributed by atoms with Crippen LogP contribution in [0.4, 0.5) is 0 Å². The van der Waals surface area contributed by atoms with Gasteiger partial charge in [-0.1, -0.05) is 6.07 Å². The number of carbonyl (C=O) groups is 1. The number of sulfonamides is 1. The molecule has 0 saturated carbocycles. The van der Waals surface area contributed by atoms with Crippen molar-refractivity contribution in [1.82, 2.24) is 4.31 Å². The summed E-state index contributed by atoms with van der Waals surface area (Å²) in [7, 11) is -1.24. The van der Waals surface area contributed by atoms with E-state index in [4.69, 9.17) is 9.84 Å². The first kappa shape index (κ1) is 16.5. The van der Waals surface area contributed by atoms with Gasteiger partial charge in [0.25, 0.3) is 0 Å². The van der Waals surface area contributed by atoms with Crippen molar-refractivity contribution in [3.63, 3.8) is 0 Å². The van der Waals surface area contributed by atoms with Gasteiger partial charge < -0.3 is 9.84 Å². The van der Waals surface area contributed by atoms with Crippen molar-refractivity contribution in [3.8, 4) is 5.75 Å². The third-order valence-corrected chi connectivity index (χ3v) is 5.52. The van der Waals surface area contributed by atoms with E-state index in [-0.39, 0.29) is 4.90 Å². The molecule has 0 unspecified atom stereocenters. The number of hydrogen-bond acceptors (Lipinski definition) is 4. The number of rotatable bonds is 5. The minimum atomic E-state index is -3.93. The highest BCUT2D eigenvalue weighted by Gasteiger charge is 2.40. The van der Waals surface area contributed by atoms with Gasteiger partial charge in [0.05, 0.1) is 12.0 Å². The zero-order valence-electron chi connectivity index (χ0n) is 12.2. The van der Waals surface area contributed by atoms with E-state index in [0.29, 0.717) is 11.3 Å². The lowest BCUT2D eigenvalue weighted by atomic mass is 10.1. The summed E-state index contributed by atoms with van der Waals surface area (Å²) in [5, 5.41) is 9.16. The number of methoxy groups -OCH3 is 1. The number of hydrogen-bond donors (Lipinski definition) is 1. The molecule has 0 aromatic heterocycles. The molecular weight excluding hydrogens is 282 g/mol. The Balaban J connectivity index is 3.41. The Labute approximate surface area is 119 Å². The number of ether oxygens (including phenoxy) is 1. The molecule has 1 rings (SSSR count). The van der Waals surface area contributed by atoms with Gasteiger partial charge in [0, 0.05) is 13.1 Å². The summed E-state index contributed by atoms with van der Waals surface area (Å²) in [5.74, 6) is -0.820. The van der Waals surface area contributed by atoms with Gasteiger partial charge in [-0.25, -0.2) is 8.42 Å². The first-order valence-corrected chi connectivity index (χ1v) is 7.36. The molecule has 0 atom stereocenters. The number of carboxylic acids is 1. The molecular formula is C13H19NO5S. The summed E-state index contributed by atoms with van der Waals surface area (Å²) >= 11 is 0. The molecule has 1 aromatic rings. The zero-order valence-corrected chi connectivity index (χ0v) is 13.0. The number of benzene rings is 1. The van der Waals surface area contributed by atoms with Crippen molar-refractivity contribution in [3.05, 3.63) is 23.8 Å². The van der Waals surface area contributed by atoms with E-state index in [0.717, 1.165) is 4.31 Å². The maximum Gasteiger partial charge on any atom is 0.324 e. The summed E-state index contributed by atoms with van der Waals surface area (Å²) in [5.41, 5.74) is -1.02. The number of likely N-dealkylation sites (N-methyl/N-ethyl adjacent to an activating group) is 1. The second-order valence-electron chi connectivity index (χ2n) is 4.97. The molecule has 0 bridgehead atoms. The third-order valence-electron chi connectivity index (χ3n) is 3.34. The molecule has 0 heterocycles. The van der Waals surface area contributed by atoms with E-state index >= 15 is 0 Å². The zero-order chi connectivity index (χ0) is 15.7. The van der Waals surface area contributed by atoms with Crippen LogP contribution >= 0.6 is 0 Å². The predicted octanol–water partition coefficient (Wildman–Crippen LogP) is 1.49. The van der Waals surface area contributed by atoms with Crippen molar-refractivity contribution in [2.24, 2.45) is 0 Å². The molecule has 0 aliphatic carbocycles. The standard InChI is InChI=1S/C13H19NO5S/c1-9-6-7-10(19-5)8-11(9)20(17,18)14(4)13(2,3)12(15)16/h6-8H,1-5H3,(H,15,16). The van der Waals surface area contributed by atoms with Crippen LogP contribution in [0.15, 0.2) is 23.1 Å². The second-order valence-corrected chi connectivity index (χ2v) is 6.91. The summed E-state index contributed by atoms with van der Waals surface area (Å²) < 4.78 is 31.0. The highest BCUT2D eigenvalue weighted by Crippen LogP contribution is 2.28. The fraction of sp³-hybridized carbons (Fsp3) is 0.462. The molecule has 1 N–H and O–H groups in total. The summed E-state index contributed by atoms with van der Waals surface area (Å²) in [4.78, 5) is 11.3. The van der Waals surface area contributed by atoms with Crippen molar-refractivity contribution in [2.75, 3.05) is 14.2 Å². The van der Waals surface area contributed by atoms with Crippen molar-refractivity contribution in [1.29, 1.82) is 0 Å². The Morgan fingerprint density at radius 2 is 1.90 bits per heavy atom. The van der Waals surface area contributed by atoms with Crippen LogP contribution < -0.4 is 4.74 Å². The lowest BCUT2D eigenvalue weighted by Crippen LogP contribution is -2.50. The molecule has 0 fully saturated rings. The maximum atomic E-state index is 12.6. The lowest BCUT2D eigenvalue weighted by Gasteiger charge is -2.31. The molecule has 6 nitrogen and oxygen atoms in total. The monoisotopic (exact) mass is 301 g/mol. The molecule has 0 saturated heterocycles. The number of aryl methyl sites for hydroxylation is 1. The van der Waals surface area contributed by atoms with Crippen molar-refractivity contribution >= 4 is 16.0 Å². The predicted molar refractivity (Wildman–Crippen MR) is 74.4 cm³/mol. The largest absolute Gasteiger partial charge is 0.497 e. The van der Waals surface area contributed by atoms with Crippen LogP contribution in [0.2, 0.25) is 0 Å². The molecule has 1 aromatic carbocycles. The van der Waals surface area contributed by atoms with Crippen molar-refractivity contribution < 1.29 is 23.1 Å². The lowest BCUT2D eigenvalue weighted by molar-refractivity contribution is -0.145. The van der Waals surface area contributed by atoms with E-state index < -0.39 is 21.5 Å². The third kappa shape index (κ3) is 2.78. The molecule has 0 amide bonds. The molecule has 112 valence electrons. The van der Waals surface area contributed by atoms with E-state index in [1.54, 1.807) is 19.1 Å². The molecule has 0 aliphatic rings. The summed E-state index contributed by atoms with van der Waals surface area (Å²) in [6.07, 6.45) is 0. The van der Waals surface area contributed by atoms with Gasteiger partial charge in [0.2, 0.25) is 10.0 Å². The molecule has 0 spiro atoms. The highest BCUT2D eigenvalue weighted by molar-refractivity contribution is 7.89. The molecule has 7 heteroatoms. The quantitative estimate of drug-likeness (QED) is 0.890. The van der Waals surface area contributed by atoms with E-state index in [1.165, 1.54) is 34.1 Å². The van der Waals surface area contributed by atoms with E-state index in [2.05, 4.69) is 0 Å². The molecule has 0 aliphatic heterocycles. The Morgan fingerprint density at radius 1 is 1.35 bits per heavy atom. The highest BCUT2D eigenvalue weighted by atomic mass is 32.2. The van der Waals surface area contributed by atoms with Crippen LogP contribution in [0.1, 0.15) is 19.4 Å². The van der Waals surface area contributed by atoms with Gasteiger partial charge in [-0.2, -0.15) is 4.31 Å². The van der Waals surface area contributed by atoms with Crippen LogP contribution in [-0.2, 0) is 14.8 Å². The maximum absolute atomic E-state index is 12.6. The number of nitrogens with zero attached hydrogens (tertiary/aromatic N) is 1. The first-order valence-electron chi connectivity index (χ1n) is 5.92. The number of carboxylic acid groups (broad SMARTS) is 1. The van der Waals surface area contributed by atoms with Crippen LogP contribution in [0, 0.1) is 6.92 Å².